The van der Waals surface area contributed by atoms with Crippen LogP contribution in [0, 0.1) is 0 Å². The van der Waals surface area contributed by atoms with Gasteiger partial charge >= 0.3 is 6.18 Å². The van der Waals surface area contributed by atoms with Crippen molar-refractivity contribution in [1.29, 1.82) is 0 Å². The van der Waals surface area contributed by atoms with Gasteiger partial charge in [0.25, 0.3) is 5.91 Å². The van der Waals surface area contributed by atoms with E-state index >= 15 is 0 Å². The van der Waals surface area contributed by atoms with Crippen molar-refractivity contribution in [2.45, 2.75) is 31.2 Å². The van der Waals surface area contributed by atoms with E-state index in [0.717, 1.165) is 12.8 Å². The van der Waals surface area contributed by atoms with Gasteiger partial charge in [0.2, 0.25) is 0 Å². The smallest absolute Gasteiger partial charge is 0.422 e. The van der Waals surface area contributed by atoms with Gasteiger partial charge in [-0.2, -0.15) is 13.2 Å². The number of alkyl halides is 3. The van der Waals surface area contributed by atoms with Crippen LogP contribution >= 0.6 is 0 Å². The lowest BCUT2D eigenvalue weighted by Gasteiger charge is -2.23. The lowest BCUT2D eigenvalue weighted by Crippen LogP contribution is -2.47. The fourth-order valence-corrected chi connectivity index (χ4v) is 2.58. The maximum absolute atomic E-state index is 12.3. The molecule has 1 N–H and O–H groups in total. The third kappa shape index (κ3) is 6.72. The highest BCUT2D eigenvalue weighted by molar-refractivity contribution is 5.78. The van der Waals surface area contributed by atoms with E-state index in [-0.39, 0.29) is 30.3 Å². The number of hydrogen-bond acceptors (Lipinski definition) is 5. The van der Waals surface area contributed by atoms with E-state index in [1.54, 1.807) is 6.07 Å². The first-order valence-corrected chi connectivity index (χ1v) is 8.20. The number of ether oxygens (including phenoxy) is 4. The molecule has 146 valence electrons. The molecule has 1 fully saturated rings. The molecule has 1 aromatic rings. The van der Waals surface area contributed by atoms with Crippen molar-refractivity contribution in [3.63, 3.8) is 0 Å². The zero-order valence-corrected chi connectivity index (χ0v) is 14.4. The molecular formula is C17H22F3NO5. The molecule has 26 heavy (non-hydrogen) atoms. The van der Waals surface area contributed by atoms with Gasteiger partial charge in [0.15, 0.2) is 24.7 Å². The summed E-state index contributed by atoms with van der Waals surface area (Å²) in [4.78, 5) is 12.1. The topological polar surface area (TPSA) is 66.0 Å². The van der Waals surface area contributed by atoms with Crippen LogP contribution in [0.4, 0.5) is 13.2 Å². The SMILES string of the molecule is COC[C@@H](NC(=O)COc1ccccc1OCC(F)(F)F)[C@@H]1CCCO1. The lowest BCUT2D eigenvalue weighted by molar-refractivity contribution is -0.153. The number of halogens is 3. The summed E-state index contributed by atoms with van der Waals surface area (Å²) in [5.41, 5.74) is 0. The summed E-state index contributed by atoms with van der Waals surface area (Å²) in [5, 5.41) is 2.77. The molecule has 1 saturated heterocycles. The molecule has 0 saturated carbocycles. The molecule has 0 aromatic heterocycles. The minimum absolute atomic E-state index is 0.0623. The second-order valence-corrected chi connectivity index (χ2v) is 5.82. The summed E-state index contributed by atoms with van der Waals surface area (Å²) in [6, 6.07) is 5.57. The lowest BCUT2D eigenvalue weighted by atomic mass is 10.1. The van der Waals surface area contributed by atoms with Crippen LogP contribution in [-0.2, 0) is 14.3 Å². The number of carbonyl (C=O) groups excluding carboxylic acids is 1. The Hall–Kier alpha value is -2.00. The predicted octanol–water partition coefficient (Wildman–Crippen LogP) is 2.32. The average Bonchev–Trinajstić information content (AvgIpc) is 3.12. The van der Waals surface area contributed by atoms with E-state index < -0.39 is 18.7 Å². The molecule has 0 bridgehead atoms. The first-order valence-electron chi connectivity index (χ1n) is 8.20. The quantitative estimate of drug-likeness (QED) is 0.716. The van der Waals surface area contributed by atoms with Crippen molar-refractivity contribution < 1.29 is 36.9 Å². The van der Waals surface area contributed by atoms with Crippen LogP contribution in [0.2, 0.25) is 0 Å². The molecule has 0 spiro atoms. The Morgan fingerprint density at radius 2 is 2.00 bits per heavy atom. The number of hydrogen-bond donors (Lipinski definition) is 1. The van der Waals surface area contributed by atoms with Crippen LogP contribution in [-0.4, -0.2) is 57.8 Å². The molecule has 0 radical (unpaired) electrons. The highest BCUT2D eigenvalue weighted by Crippen LogP contribution is 2.28. The third-order valence-corrected chi connectivity index (χ3v) is 3.71. The Balaban J connectivity index is 1.88. The molecule has 1 aliphatic heterocycles. The molecule has 1 amide bonds. The number of benzene rings is 1. The predicted molar refractivity (Wildman–Crippen MR) is 86.3 cm³/mol. The van der Waals surface area contributed by atoms with E-state index in [9.17, 15) is 18.0 Å². The molecule has 1 heterocycles. The largest absolute Gasteiger partial charge is 0.480 e. The molecular weight excluding hydrogens is 355 g/mol. The van der Waals surface area contributed by atoms with Gasteiger partial charge in [-0.05, 0) is 25.0 Å². The molecule has 0 aliphatic carbocycles. The van der Waals surface area contributed by atoms with Crippen molar-refractivity contribution in [2.24, 2.45) is 0 Å². The Morgan fingerprint density at radius 1 is 1.31 bits per heavy atom. The standard InChI is InChI=1S/C17H22F3NO5/c1-23-9-12(13-7-4-8-24-13)21-16(22)10-25-14-5-2-3-6-15(14)26-11-17(18,19)20/h2-3,5-6,12-13H,4,7-11H2,1H3,(H,21,22)/t12-,13+/m1/s1. The van der Waals surface area contributed by atoms with Crippen molar-refractivity contribution in [1.82, 2.24) is 5.32 Å². The molecule has 0 unspecified atom stereocenters. The summed E-state index contributed by atoms with van der Waals surface area (Å²) in [6.07, 6.45) is -2.84. The Bertz CT molecular complexity index is 576. The minimum Gasteiger partial charge on any atom is -0.480 e. The number of carbonyl (C=O) groups is 1. The van der Waals surface area contributed by atoms with Crippen LogP contribution in [0.5, 0.6) is 11.5 Å². The normalized spacial score (nSPS) is 18.4. The van der Waals surface area contributed by atoms with Gasteiger partial charge in [-0.15, -0.1) is 0 Å². The maximum Gasteiger partial charge on any atom is 0.422 e. The highest BCUT2D eigenvalue weighted by atomic mass is 19.4. The fourth-order valence-electron chi connectivity index (χ4n) is 2.58. The van der Waals surface area contributed by atoms with Gasteiger partial charge in [0, 0.05) is 13.7 Å². The molecule has 2 rings (SSSR count). The summed E-state index contributed by atoms with van der Waals surface area (Å²) in [5.74, 6) is -0.439. The van der Waals surface area contributed by atoms with Crippen LogP contribution < -0.4 is 14.8 Å². The van der Waals surface area contributed by atoms with Crippen LogP contribution in [0.3, 0.4) is 0 Å². The van der Waals surface area contributed by atoms with Crippen molar-refractivity contribution in [2.75, 3.05) is 33.5 Å². The molecule has 9 heteroatoms. The Morgan fingerprint density at radius 3 is 2.58 bits per heavy atom. The zero-order valence-electron chi connectivity index (χ0n) is 14.4. The number of para-hydroxylation sites is 2. The van der Waals surface area contributed by atoms with Crippen molar-refractivity contribution >= 4 is 5.91 Å². The van der Waals surface area contributed by atoms with E-state index in [1.165, 1.54) is 25.3 Å². The van der Waals surface area contributed by atoms with Gasteiger partial charge in [-0.25, -0.2) is 0 Å². The third-order valence-electron chi connectivity index (χ3n) is 3.71. The monoisotopic (exact) mass is 377 g/mol. The summed E-state index contributed by atoms with van der Waals surface area (Å²) in [6.45, 7) is -0.864. The fraction of sp³-hybridized carbons (Fsp3) is 0.588. The van der Waals surface area contributed by atoms with Gasteiger partial charge in [-0.3, -0.25) is 4.79 Å². The number of methoxy groups -OCH3 is 1. The maximum atomic E-state index is 12.3. The number of amides is 1. The summed E-state index contributed by atoms with van der Waals surface area (Å²) in [7, 11) is 1.53. The first kappa shape index (κ1) is 20.3. The van der Waals surface area contributed by atoms with Crippen molar-refractivity contribution in [3.8, 4) is 11.5 Å². The van der Waals surface area contributed by atoms with E-state index in [4.69, 9.17) is 18.9 Å². The van der Waals surface area contributed by atoms with E-state index in [2.05, 4.69) is 5.32 Å². The second-order valence-electron chi connectivity index (χ2n) is 5.82. The van der Waals surface area contributed by atoms with Crippen molar-refractivity contribution in [3.05, 3.63) is 24.3 Å². The van der Waals surface area contributed by atoms with Crippen LogP contribution in [0.1, 0.15) is 12.8 Å². The molecule has 6 nitrogen and oxygen atoms in total. The summed E-state index contributed by atoms with van der Waals surface area (Å²) >= 11 is 0. The second kappa shape index (κ2) is 9.63. The minimum atomic E-state index is -4.46. The van der Waals surface area contributed by atoms with Gasteiger partial charge in [0.05, 0.1) is 18.8 Å². The van der Waals surface area contributed by atoms with E-state index in [1.807, 2.05) is 0 Å². The number of nitrogens with one attached hydrogen (secondary N) is 1. The first-order chi connectivity index (χ1) is 12.4. The molecule has 1 aliphatic rings. The Labute approximate surface area is 149 Å². The molecule has 2 atom stereocenters. The van der Waals surface area contributed by atoms with Crippen LogP contribution in [0.15, 0.2) is 24.3 Å². The summed E-state index contributed by atoms with van der Waals surface area (Å²) < 4.78 is 57.6. The Kier molecular flexibility index (Phi) is 7.52. The van der Waals surface area contributed by atoms with Crippen LogP contribution in [0.25, 0.3) is 0 Å². The zero-order chi connectivity index (χ0) is 19.0. The van der Waals surface area contributed by atoms with Gasteiger partial charge in [0.1, 0.15) is 0 Å². The number of rotatable bonds is 9. The van der Waals surface area contributed by atoms with Gasteiger partial charge < -0.3 is 24.3 Å². The average molecular weight is 377 g/mol. The van der Waals surface area contributed by atoms with Gasteiger partial charge in [-0.1, -0.05) is 12.1 Å². The molecule has 1 aromatic carbocycles. The highest BCUT2D eigenvalue weighted by Gasteiger charge is 2.29. The van der Waals surface area contributed by atoms with E-state index in [0.29, 0.717) is 13.2 Å².